The SMILES string of the molecule is CC1OCCC1SCc1ccc(NN)nc1. The van der Waals surface area contributed by atoms with E-state index in [4.69, 9.17) is 10.6 Å². The highest BCUT2D eigenvalue weighted by molar-refractivity contribution is 7.99. The summed E-state index contributed by atoms with van der Waals surface area (Å²) in [6.45, 7) is 3.04. The molecule has 16 heavy (non-hydrogen) atoms. The van der Waals surface area contributed by atoms with Crippen molar-refractivity contribution in [2.45, 2.75) is 30.5 Å². The Morgan fingerprint density at radius 2 is 2.50 bits per heavy atom. The number of nitrogens with two attached hydrogens (primary N) is 1. The molecule has 1 aliphatic heterocycles. The fourth-order valence-electron chi connectivity index (χ4n) is 1.73. The Labute approximate surface area is 99.9 Å². The van der Waals surface area contributed by atoms with E-state index in [1.54, 1.807) is 0 Å². The quantitative estimate of drug-likeness (QED) is 0.619. The van der Waals surface area contributed by atoms with Crippen molar-refractivity contribution in [2.24, 2.45) is 5.84 Å². The maximum atomic E-state index is 5.53. The number of ether oxygens (including phenoxy) is 1. The van der Waals surface area contributed by atoms with Crippen molar-refractivity contribution in [2.75, 3.05) is 12.0 Å². The number of hydrogen-bond acceptors (Lipinski definition) is 5. The van der Waals surface area contributed by atoms with Gasteiger partial charge in [0.15, 0.2) is 0 Å². The number of hydrazine groups is 1. The largest absolute Gasteiger partial charge is 0.377 e. The minimum atomic E-state index is 0.378. The monoisotopic (exact) mass is 239 g/mol. The standard InChI is InChI=1S/C11H17N3OS/c1-8-10(4-5-15-8)16-7-9-2-3-11(14-12)13-6-9/h2-3,6,8,10H,4-5,7,12H2,1H3,(H,13,14). The third kappa shape index (κ3) is 2.87. The lowest BCUT2D eigenvalue weighted by Gasteiger charge is -2.13. The van der Waals surface area contributed by atoms with Crippen molar-refractivity contribution < 1.29 is 4.74 Å². The Bertz CT molecular complexity index is 331. The second-order valence-corrected chi connectivity index (χ2v) is 5.14. The van der Waals surface area contributed by atoms with Gasteiger partial charge < -0.3 is 10.2 Å². The first kappa shape index (κ1) is 11.7. The molecule has 2 unspecified atom stereocenters. The van der Waals surface area contributed by atoms with Crippen molar-refractivity contribution in [3.8, 4) is 0 Å². The van der Waals surface area contributed by atoms with Gasteiger partial charge in [0.25, 0.3) is 0 Å². The molecule has 1 saturated heterocycles. The highest BCUT2D eigenvalue weighted by atomic mass is 32.2. The first-order valence-corrected chi connectivity index (χ1v) is 6.49. The van der Waals surface area contributed by atoms with Gasteiger partial charge >= 0.3 is 0 Å². The van der Waals surface area contributed by atoms with Gasteiger partial charge in [-0.15, -0.1) is 0 Å². The van der Waals surface area contributed by atoms with Gasteiger partial charge in [0.2, 0.25) is 0 Å². The van der Waals surface area contributed by atoms with Gasteiger partial charge in [0, 0.05) is 23.8 Å². The summed E-state index contributed by atoms with van der Waals surface area (Å²) in [4.78, 5) is 4.18. The van der Waals surface area contributed by atoms with Gasteiger partial charge in [-0.05, 0) is 25.0 Å². The molecule has 2 heterocycles. The normalized spacial score (nSPS) is 24.6. The summed E-state index contributed by atoms with van der Waals surface area (Å²) in [5.74, 6) is 6.94. The minimum Gasteiger partial charge on any atom is -0.377 e. The third-order valence-electron chi connectivity index (χ3n) is 2.74. The van der Waals surface area contributed by atoms with Gasteiger partial charge in [0.1, 0.15) is 5.82 Å². The molecule has 1 aliphatic rings. The van der Waals surface area contributed by atoms with Crippen LogP contribution in [0.1, 0.15) is 18.9 Å². The molecule has 88 valence electrons. The Balaban J connectivity index is 1.84. The van der Waals surface area contributed by atoms with E-state index in [0.29, 0.717) is 17.2 Å². The number of hydrogen-bond donors (Lipinski definition) is 2. The Hall–Kier alpha value is -0.780. The lowest BCUT2D eigenvalue weighted by atomic mass is 10.3. The summed E-state index contributed by atoms with van der Waals surface area (Å²) in [7, 11) is 0. The van der Waals surface area contributed by atoms with E-state index in [9.17, 15) is 0 Å². The number of nitrogen functional groups attached to an aromatic ring is 1. The zero-order valence-electron chi connectivity index (χ0n) is 9.35. The molecule has 0 aromatic carbocycles. The number of thioether (sulfide) groups is 1. The maximum absolute atomic E-state index is 5.53. The zero-order chi connectivity index (χ0) is 11.4. The van der Waals surface area contributed by atoms with Gasteiger partial charge in [-0.3, -0.25) is 0 Å². The van der Waals surface area contributed by atoms with Crippen LogP contribution in [0.2, 0.25) is 0 Å². The third-order valence-corrected chi connectivity index (χ3v) is 4.29. The molecular formula is C11H17N3OS. The van der Waals surface area contributed by atoms with Crippen LogP contribution >= 0.6 is 11.8 Å². The van der Waals surface area contributed by atoms with E-state index < -0.39 is 0 Å². The Morgan fingerprint density at radius 3 is 3.06 bits per heavy atom. The Morgan fingerprint density at radius 1 is 1.62 bits per heavy atom. The molecule has 2 rings (SSSR count). The van der Waals surface area contributed by atoms with E-state index >= 15 is 0 Å². The molecule has 1 aromatic heterocycles. The van der Waals surface area contributed by atoms with E-state index in [-0.39, 0.29) is 0 Å². The number of aromatic nitrogens is 1. The number of nitrogens with one attached hydrogen (secondary N) is 1. The Kier molecular flexibility index (Phi) is 4.04. The van der Waals surface area contributed by atoms with Crippen LogP contribution in [0.15, 0.2) is 18.3 Å². The molecule has 0 saturated carbocycles. The van der Waals surface area contributed by atoms with Crippen LogP contribution in [0.3, 0.4) is 0 Å². The zero-order valence-corrected chi connectivity index (χ0v) is 10.2. The molecule has 1 fully saturated rings. The fraction of sp³-hybridized carbons (Fsp3) is 0.545. The van der Waals surface area contributed by atoms with Crippen molar-refractivity contribution in [3.63, 3.8) is 0 Å². The molecular weight excluding hydrogens is 222 g/mol. The van der Waals surface area contributed by atoms with Gasteiger partial charge in [-0.25, -0.2) is 10.8 Å². The molecule has 0 aliphatic carbocycles. The molecule has 5 heteroatoms. The summed E-state index contributed by atoms with van der Waals surface area (Å²) in [6, 6.07) is 3.94. The van der Waals surface area contributed by atoms with Crippen molar-refractivity contribution in [1.82, 2.24) is 4.98 Å². The summed E-state index contributed by atoms with van der Waals surface area (Å²) < 4.78 is 5.53. The average Bonchev–Trinajstić information content (AvgIpc) is 2.73. The summed E-state index contributed by atoms with van der Waals surface area (Å²) in [5.41, 5.74) is 3.75. The van der Waals surface area contributed by atoms with Crippen LogP contribution in [-0.2, 0) is 10.5 Å². The van der Waals surface area contributed by atoms with Crippen molar-refractivity contribution in [1.29, 1.82) is 0 Å². The average molecular weight is 239 g/mol. The number of anilines is 1. The van der Waals surface area contributed by atoms with Crippen molar-refractivity contribution >= 4 is 17.6 Å². The van der Waals surface area contributed by atoms with Crippen molar-refractivity contribution in [3.05, 3.63) is 23.9 Å². The predicted molar refractivity (Wildman–Crippen MR) is 67.2 cm³/mol. The van der Waals surface area contributed by atoms with Gasteiger partial charge in [-0.1, -0.05) is 6.07 Å². The van der Waals surface area contributed by atoms with Crippen LogP contribution in [0.5, 0.6) is 0 Å². The van der Waals surface area contributed by atoms with Crippen LogP contribution in [0.4, 0.5) is 5.82 Å². The first-order chi connectivity index (χ1) is 7.79. The lowest BCUT2D eigenvalue weighted by molar-refractivity contribution is 0.127. The van der Waals surface area contributed by atoms with Gasteiger partial charge in [0.05, 0.1) is 6.10 Å². The van der Waals surface area contributed by atoms with Crippen LogP contribution in [-0.4, -0.2) is 22.9 Å². The highest BCUT2D eigenvalue weighted by Gasteiger charge is 2.24. The summed E-state index contributed by atoms with van der Waals surface area (Å²) in [6.07, 6.45) is 3.40. The summed E-state index contributed by atoms with van der Waals surface area (Å²) in [5, 5.41) is 0.618. The van der Waals surface area contributed by atoms with E-state index in [1.807, 2.05) is 24.0 Å². The van der Waals surface area contributed by atoms with E-state index in [0.717, 1.165) is 18.8 Å². The fourth-order valence-corrected chi connectivity index (χ4v) is 2.92. The van der Waals surface area contributed by atoms with E-state index in [2.05, 4.69) is 23.4 Å². The molecule has 4 nitrogen and oxygen atoms in total. The summed E-state index contributed by atoms with van der Waals surface area (Å²) >= 11 is 1.94. The second-order valence-electron chi connectivity index (χ2n) is 3.91. The smallest absolute Gasteiger partial charge is 0.139 e. The molecule has 1 aromatic rings. The molecule has 2 atom stereocenters. The van der Waals surface area contributed by atoms with Crippen LogP contribution in [0, 0.1) is 0 Å². The van der Waals surface area contributed by atoms with Crippen LogP contribution in [0.25, 0.3) is 0 Å². The molecule has 0 amide bonds. The number of pyridine rings is 1. The van der Waals surface area contributed by atoms with Crippen LogP contribution < -0.4 is 11.3 Å². The first-order valence-electron chi connectivity index (χ1n) is 5.44. The molecule has 0 bridgehead atoms. The highest BCUT2D eigenvalue weighted by Crippen LogP contribution is 2.28. The molecule has 0 radical (unpaired) electrons. The lowest BCUT2D eigenvalue weighted by Crippen LogP contribution is -2.13. The molecule has 0 spiro atoms. The molecule has 3 N–H and O–H groups in total. The topological polar surface area (TPSA) is 60.2 Å². The predicted octanol–water partition coefficient (Wildman–Crippen LogP) is 1.78. The van der Waals surface area contributed by atoms with E-state index in [1.165, 1.54) is 5.56 Å². The maximum Gasteiger partial charge on any atom is 0.139 e. The second kappa shape index (κ2) is 5.52. The van der Waals surface area contributed by atoms with Gasteiger partial charge in [-0.2, -0.15) is 11.8 Å². The number of nitrogens with zero attached hydrogens (tertiary/aromatic N) is 1. The minimum absolute atomic E-state index is 0.378. The number of rotatable bonds is 4.